The molecule has 0 atom stereocenters. The Balaban J connectivity index is 0.00000206. The zero-order chi connectivity index (χ0) is 21.2. The summed E-state index contributed by atoms with van der Waals surface area (Å²) in [6.45, 7) is 0. The van der Waals surface area contributed by atoms with Crippen molar-refractivity contribution in [2.45, 2.75) is 0 Å². The van der Waals surface area contributed by atoms with Crippen LogP contribution >= 0.6 is 0 Å². The zero-order valence-electron chi connectivity index (χ0n) is 18.3. The molecule has 7 rings (SSSR count). The van der Waals surface area contributed by atoms with Gasteiger partial charge in [0, 0.05) is 61.6 Å². The van der Waals surface area contributed by atoms with Crippen molar-refractivity contribution < 1.29 is 32.7 Å². The van der Waals surface area contributed by atoms with Crippen LogP contribution in [0, 0.1) is 6.07 Å². The van der Waals surface area contributed by atoms with Crippen molar-refractivity contribution in [3.8, 4) is 11.1 Å². The molecule has 0 N–H and O–H groups in total. The van der Waals surface area contributed by atoms with Crippen LogP contribution in [-0.2, 0) is 39.8 Å². The Morgan fingerprint density at radius 1 is 0.606 bits per heavy atom. The van der Waals surface area contributed by atoms with Gasteiger partial charge in [0.25, 0.3) is 0 Å². The predicted octanol–water partition coefficient (Wildman–Crippen LogP) is 8.26. The van der Waals surface area contributed by atoms with Crippen LogP contribution in [0.1, 0.15) is 0 Å². The van der Waals surface area contributed by atoms with Crippen LogP contribution in [0.3, 0.4) is 0 Å². The average Bonchev–Trinajstić information content (AvgIpc) is 3.15. The number of hydrogen-bond acceptors (Lipinski definition) is 0. The smallest absolute Gasteiger partial charge is 0.0495 e. The third-order valence-corrected chi connectivity index (χ3v) is 6.91. The number of benzene rings is 6. The summed E-state index contributed by atoms with van der Waals surface area (Å²) in [4.78, 5) is 0. The molecule has 1 nitrogen and oxygen atoms in total. The molecule has 0 aliphatic carbocycles. The second-order valence-corrected chi connectivity index (χ2v) is 8.59. The maximum atomic E-state index is 3.25. The van der Waals surface area contributed by atoms with Crippen molar-refractivity contribution in [3.05, 3.63) is 109 Å². The van der Waals surface area contributed by atoms with E-state index in [4.69, 9.17) is 0 Å². The van der Waals surface area contributed by atoms with Crippen LogP contribution in [0.15, 0.2) is 103 Å². The molecule has 153 valence electrons. The number of nitrogens with zero attached hydrogens (tertiary/aromatic N) is 1. The van der Waals surface area contributed by atoms with Gasteiger partial charge >= 0.3 is 0 Å². The maximum absolute atomic E-state index is 3.25. The van der Waals surface area contributed by atoms with Gasteiger partial charge in [-0.3, -0.25) is 0 Å². The van der Waals surface area contributed by atoms with E-state index in [-0.39, 0.29) is 32.7 Å². The normalized spacial score (nSPS) is 11.5. The van der Waals surface area contributed by atoms with Crippen LogP contribution in [0.2, 0.25) is 0 Å². The maximum Gasteiger partial charge on any atom is 0.0495 e. The van der Waals surface area contributed by atoms with Crippen molar-refractivity contribution in [3.63, 3.8) is 0 Å². The van der Waals surface area contributed by atoms with Gasteiger partial charge in [0.05, 0.1) is 0 Å². The third-order valence-electron chi connectivity index (χ3n) is 6.91. The Kier molecular flexibility index (Phi) is 4.87. The largest absolute Gasteiger partial charge is 0.344 e. The van der Waals surface area contributed by atoms with Crippen molar-refractivity contribution in [1.82, 2.24) is 4.57 Å². The van der Waals surface area contributed by atoms with Crippen molar-refractivity contribution in [1.29, 1.82) is 0 Å². The van der Waals surface area contributed by atoms with Gasteiger partial charge in [-0.05, 0) is 50.9 Å². The third kappa shape index (κ3) is 3.00. The van der Waals surface area contributed by atoms with Gasteiger partial charge in [-0.15, -0.1) is 16.8 Å². The molecule has 0 unspecified atom stereocenters. The molecule has 1 radical (unpaired) electrons. The number of fused-ring (bicyclic) bond motifs is 8. The summed E-state index contributed by atoms with van der Waals surface area (Å²) in [7, 11) is 2.17. The fourth-order valence-electron chi connectivity index (χ4n) is 5.38. The Morgan fingerprint density at radius 2 is 1.36 bits per heavy atom. The molecule has 1 heterocycles. The van der Waals surface area contributed by atoms with Crippen LogP contribution < -0.4 is 0 Å². The van der Waals surface area contributed by atoms with E-state index in [0.717, 1.165) is 0 Å². The van der Waals surface area contributed by atoms with Crippen LogP contribution in [0.4, 0.5) is 0 Å². The second kappa shape index (κ2) is 7.80. The summed E-state index contributed by atoms with van der Waals surface area (Å²) >= 11 is 0. The molecule has 0 saturated carbocycles. The molecule has 1 aromatic heterocycles. The zero-order valence-corrected chi connectivity index (χ0v) is 21.2. The Hall–Kier alpha value is -3.00. The Labute approximate surface area is 217 Å². The SMILES string of the molecule is Cn1c2ccc(-c3cc4c[c-]ccc4c4ccccc34)cc2c2c3ccccc3ccc21.[Y]. The van der Waals surface area contributed by atoms with Gasteiger partial charge < -0.3 is 4.57 Å². The molecule has 0 aliphatic rings. The topological polar surface area (TPSA) is 4.93 Å². The minimum atomic E-state index is 0. The van der Waals surface area contributed by atoms with Gasteiger partial charge in [-0.2, -0.15) is 24.3 Å². The van der Waals surface area contributed by atoms with E-state index in [2.05, 4.69) is 115 Å². The summed E-state index contributed by atoms with van der Waals surface area (Å²) in [5.41, 5.74) is 5.05. The molecule has 0 saturated heterocycles. The fourth-order valence-corrected chi connectivity index (χ4v) is 5.38. The summed E-state index contributed by atoms with van der Waals surface area (Å²) in [6.07, 6.45) is 0. The first-order valence-electron chi connectivity index (χ1n) is 11.0. The molecule has 33 heavy (non-hydrogen) atoms. The molecule has 6 aromatic carbocycles. The average molecular weight is 495 g/mol. The van der Waals surface area contributed by atoms with E-state index in [1.54, 1.807) is 0 Å². The van der Waals surface area contributed by atoms with Crippen molar-refractivity contribution in [2.24, 2.45) is 7.05 Å². The summed E-state index contributed by atoms with van der Waals surface area (Å²) in [6, 6.07) is 40.6. The first kappa shape index (κ1) is 20.6. The van der Waals surface area contributed by atoms with Crippen molar-refractivity contribution in [2.75, 3.05) is 0 Å². The number of aromatic nitrogens is 1. The van der Waals surface area contributed by atoms with E-state index in [1.165, 1.54) is 65.3 Å². The fraction of sp³-hybridized carbons (Fsp3) is 0.0323. The van der Waals surface area contributed by atoms with Crippen LogP contribution in [0.5, 0.6) is 0 Å². The van der Waals surface area contributed by atoms with Gasteiger partial charge in [0.2, 0.25) is 0 Å². The second-order valence-electron chi connectivity index (χ2n) is 8.59. The van der Waals surface area contributed by atoms with E-state index < -0.39 is 0 Å². The van der Waals surface area contributed by atoms with Gasteiger partial charge in [-0.1, -0.05) is 60.7 Å². The quantitative estimate of drug-likeness (QED) is 0.160. The molecule has 0 aliphatic heterocycles. The minimum absolute atomic E-state index is 0. The van der Waals surface area contributed by atoms with Gasteiger partial charge in [0.1, 0.15) is 0 Å². The van der Waals surface area contributed by atoms with Crippen LogP contribution in [0.25, 0.3) is 65.3 Å². The van der Waals surface area contributed by atoms with Gasteiger partial charge in [-0.25, -0.2) is 0 Å². The molecular formula is C31H20NY-. The molecule has 0 spiro atoms. The first-order chi connectivity index (χ1) is 15.8. The van der Waals surface area contributed by atoms with E-state index >= 15 is 0 Å². The van der Waals surface area contributed by atoms with E-state index in [0.29, 0.717) is 0 Å². The first-order valence-corrected chi connectivity index (χ1v) is 11.0. The molecule has 2 heteroatoms. The molecule has 7 aromatic rings. The Morgan fingerprint density at radius 3 is 2.24 bits per heavy atom. The monoisotopic (exact) mass is 495 g/mol. The summed E-state index contributed by atoms with van der Waals surface area (Å²) < 4.78 is 2.31. The number of rotatable bonds is 1. The summed E-state index contributed by atoms with van der Waals surface area (Å²) in [5, 5.41) is 10.3. The Bertz CT molecular complexity index is 1840. The van der Waals surface area contributed by atoms with E-state index in [9.17, 15) is 0 Å². The predicted molar refractivity (Wildman–Crippen MR) is 137 cm³/mol. The van der Waals surface area contributed by atoms with Gasteiger partial charge in [0.15, 0.2) is 0 Å². The minimum Gasteiger partial charge on any atom is -0.344 e. The number of hydrogen-bond donors (Lipinski definition) is 0. The summed E-state index contributed by atoms with van der Waals surface area (Å²) in [5.74, 6) is 0. The molecule has 0 fully saturated rings. The molecular weight excluding hydrogens is 475 g/mol. The number of aryl methyl sites for hydroxylation is 1. The standard InChI is InChI=1S/C31H20N.Y/c1-32-29-16-15-22(19-28(29)31-24-11-5-2-8-20(24)14-17-30(31)32)27-18-21-9-3-4-10-23(21)25-12-6-7-13-26(25)27;/h2,4-19H,1H3;/q-1;. The molecule has 0 amide bonds. The molecule has 0 bridgehead atoms. The van der Waals surface area contributed by atoms with E-state index in [1.807, 2.05) is 6.07 Å². The van der Waals surface area contributed by atoms with Crippen molar-refractivity contribution >= 4 is 54.1 Å². The van der Waals surface area contributed by atoms with Crippen LogP contribution in [-0.4, -0.2) is 4.57 Å².